The van der Waals surface area contributed by atoms with E-state index in [1.54, 1.807) is 12.3 Å². The standard InChI is InChI=1S/C17H23Cl2NO2/c1-17(2,3)22-15(21)10-8-6-4-5-7-9-13-11-14(18)16(19)20-12-13/h7,9,11-12H,4-6,8,10H2,1-3H3. The van der Waals surface area contributed by atoms with Gasteiger partial charge in [-0.1, -0.05) is 41.8 Å². The fourth-order valence-electron chi connectivity index (χ4n) is 1.85. The second-order valence-corrected chi connectivity index (χ2v) is 6.89. The van der Waals surface area contributed by atoms with Crippen molar-refractivity contribution in [1.82, 2.24) is 4.98 Å². The first-order valence-corrected chi connectivity index (χ1v) is 8.23. The smallest absolute Gasteiger partial charge is 0.306 e. The predicted octanol–water partition coefficient (Wildman–Crippen LogP) is 5.69. The number of ether oxygens (including phenoxy) is 1. The number of hydrogen-bond acceptors (Lipinski definition) is 3. The highest BCUT2D eigenvalue weighted by molar-refractivity contribution is 6.41. The molecule has 0 aliphatic rings. The third-order valence-corrected chi connectivity index (χ3v) is 3.49. The summed E-state index contributed by atoms with van der Waals surface area (Å²) in [4.78, 5) is 15.5. The second kappa shape index (κ2) is 9.16. The molecule has 0 aliphatic heterocycles. The lowest BCUT2D eigenvalue weighted by Gasteiger charge is -2.19. The van der Waals surface area contributed by atoms with Gasteiger partial charge in [-0.25, -0.2) is 4.98 Å². The zero-order valence-electron chi connectivity index (χ0n) is 13.4. The molecule has 0 fully saturated rings. The predicted molar refractivity (Wildman–Crippen MR) is 92.2 cm³/mol. The topological polar surface area (TPSA) is 39.2 Å². The third kappa shape index (κ3) is 8.40. The van der Waals surface area contributed by atoms with Crippen LogP contribution in [0.5, 0.6) is 0 Å². The maximum absolute atomic E-state index is 11.5. The molecule has 0 amide bonds. The Kier molecular flexibility index (Phi) is 7.91. The van der Waals surface area contributed by atoms with Gasteiger partial charge in [-0.3, -0.25) is 4.79 Å². The first-order chi connectivity index (χ1) is 10.3. The van der Waals surface area contributed by atoms with Gasteiger partial charge in [0.05, 0.1) is 5.02 Å². The number of unbranched alkanes of at least 4 members (excludes halogenated alkanes) is 3. The lowest BCUT2D eigenvalue weighted by molar-refractivity contribution is -0.154. The van der Waals surface area contributed by atoms with E-state index in [9.17, 15) is 4.79 Å². The van der Waals surface area contributed by atoms with Gasteiger partial charge in [0.1, 0.15) is 10.8 Å². The number of rotatable bonds is 7. The average Bonchev–Trinajstić information content (AvgIpc) is 2.39. The van der Waals surface area contributed by atoms with E-state index in [0.29, 0.717) is 16.6 Å². The number of allylic oxidation sites excluding steroid dienone is 1. The van der Waals surface area contributed by atoms with Crippen molar-refractivity contribution < 1.29 is 9.53 Å². The average molecular weight is 344 g/mol. The van der Waals surface area contributed by atoms with Gasteiger partial charge in [-0.05, 0) is 51.7 Å². The molecule has 0 atom stereocenters. The van der Waals surface area contributed by atoms with Crippen molar-refractivity contribution in [1.29, 1.82) is 0 Å². The van der Waals surface area contributed by atoms with Gasteiger partial charge in [-0.2, -0.15) is 0 Å². The summed E-state index contributed by atoms with van der Waals surface area (Å²) in [6.45, 7) is 5.65. The molecule has 3 nitrogen and oxygen atoms in total. The quantitative estimate of drug-likeness (QED) is 0.362. The summed E-state index contributed by atoms with van der Waals surface area (Å²) in [7, 11) is 0. The maximum atomic E-state index is 11.5. The largest absolute Gasteiger partial charge is 0.460 e. The number of hydrogen-bond donors (Lipinski definition) is 0. The van der Waals surface area contributed by atoms with E-state index in [-0.39, 0.29) is 5.97 Å². The minimum absolute atomic E-state index is 0.120. The Morgan fingerprint density at radius 3 is 2.64 bits per heavy atom. The molecule has 0 radical (unpaired) electrons. The molecule has 0 saturated heterocycles. The summed E-state index contributed by atoms with van der Waals surface area (Å²) in [5.74, 6) is -0.120. The highest BCUT2D eigenvalue weighted by Gasteiger charge is 2.15. The number of esters is 1. The van der Waals surface area contributed by atoms with Crippen molar-refractivity contribution in [3.8, 4) is 0 Å². The SMILES string of the molecule is CC(C)(C)OC(=O)CCCCCC=Cc1cnc(Cl)c(Cl)c1. The minimum atomic E-state index is -0.395. The molecule has 0 aromatic carbocycles. The van der Waals surface area contributed by atoms with Crippen LogP contribution in [0.15, 0.2) is 18.3 Å². The first kappa shape index (κ1) is 19.0. The van der Waals surface area contributed by atoms with Crippen LogP contribution in [0.3, 0.4) is 0 Å². The Bertz CT molecular complexity index is 522. The summed E-state index contributed by atoms with van der Waals surface area (Å²) in [5, 5.41) is 0.780. The van der Waals surface area contributed by atoms with Gasteiger partial charge in [0.15, 0.2) is 0 Å². The van der Waals surface area contributed by atoms with Crippen LogP contribution in [-0.4, -0.2) is 16.6 Å². The number of carbonyl (C=O) groups excluding carboxylic acids is 1. The molecular formula is C17H23Cl2NO2. The van der Waals surface area contributed by atoms with Crippen LogP contribution in [0.2, 0.25) is 10.2 Å². The number of aromatic nitrogens is 1. The zero-order chi connectivity index (χ0) is 16.6. The normalized spacial score (nSPS) is 11.9. The maximum Gasteiger partial charge on any atom is 0.306 e. The van der Waals surface area contributed by atoms with Gasteiger partial charge < -0.3 is 4.74 Å². The molecule has 1 aromatic heterocycles. The van der Waals surface area contributed by atoms with E-state index in [1.165, 1.54) is 0 Å². The van der Waals surface area contributed by atoms with Crippen LogP contribution in [0, 0.1) is 0 Å². The second-order valence-electron chi connectivity index (χ2n) is 6.13. The van der Waals surface area contributed by atoms with Crippen LogP contribution in [0.4, 0.5) is 0 Å². The van der Waals surface area contributed by atoms with E-state index in [4.69, 9.17) is 27.9 Å². The molecule has 22 heavy (non-hydrogen) atoms. The van der Waals surface area contributed by atoms with E-state index >= 15 is 0 Å². The van der Waals surface area contributed by atoms with Crippen LogP contribution < -0.4 is 0 Å². The lowest BCUT2D eigenvalue weighted by Crippen LogP contribution is -2.23. The van der Waals surface area contributed by atoms with Crippen molar-refractivity contribution in [2.45, 2.75) is 58.5 Å². The Hall–Kier alpha value is -1.06. The molecule has 122 valence electrons. The highest BCUT2D eigenvalue weighted by atomic mass is 35.5. The van der Waals surface area contributed by atoms with Gasteiger partial charge >= 0.3 is 5.97 Å². The molecule has 1 aromatic rings. The highest BCUT2D eigenvalue weighted by Crippen LogP contribution is 2.20. The van der Waals surface area contributed by atoms with Crippen molar-refractivity contribution in [3.05, 3.63) is 34.1 Å². The Labute approximate surface area is 142 Å². The number of carbonyl (C=O) groups is 1. The minimum Gasteiger partial charge on any atom is -0.460 e. The van der Waals surface area contributed by atoms with Gasteiger partial charge in [0.2, 0.25) is 0 Å². The first-order valence-electron chi connectivity index (χ1n) is 7.47. The van der Waals surface area contributed by atoms with Gasteiger partial charge in [-0.15, -0.1) is 0 Å². The van der Waals surface area contributed by atoms with Crippen molar-refractivity contribution >= 4 is 35.2 Å². The Balaban J connectivity index is 2.16. The number of pyridine rings is 1. The van der Waals surface area contributed by atoms with Crippen LogP contribution in [0.25, 0.3) is 6.08 Å². The van der Waals surface area contributed by atoms with Crippen LogP contribution in [-0.2, 0) is 9.53 Å². The van der Waals surface area contributed by atoms with E-state index in [1.807, 2.05) is 26.8 Å². The molecule has 0 N–H and O–H groups in total. The molecule has 1 heterocycles. The molecule has 5 heteroatoms. The lowest BCUT2D eigenvalue weighted by atomic mass is 10.1. The Morgan fingerprint density at radius 2 is 2.00 bits per heavy atom. The molecule has 0 bridgehead atoms. The molecule has 0 saturated carbocycles. The summed E-state index contributed by atoms with van der Waals surface area (Å²) in [5.41, 5.74) is 0.538. The van der Waals surface area contributed by atoms with E-state index in [0.717, 1.165) is 31.2 Å². The zero-order valence-corrected chi connectivity index (χ0v) is 14.9. The Morgan fingerprint density at radius 1 is 1.27 bits per heavy atom. The summed E-state index contributed by atoms with van der Waals surface area (Å²) < 4.78 is 5.26. The summed E-state index contributed by atoms with van der Waals surface area (Å²) in [6.07, 6.45) is 10.1. The molecular weight excluding hydrogens is 321 g/mol. The van der Waals surface area contributed by atoms with Gasteiger partial charge in [0, 0.05) is 12.6 Å². The fraction of sp³-hybridized carbons (Fsp3) is 0.529. The van der Waals surface area contributed by atoms with E-state index < -0.39 is 5.60 Å². The summed E-state index contributed by atoms with van der Waals surface area (Å²) in [6, 6.07) is 1.79. The fourth-order valence-corrected chi connectivity index (χ4v) is 2.13. The monoisotopic (exact) mass is 343 g/mol. The molecule has 1 rings (SSSR count). The molecule has 0 unspecified atom stereocenters. The molecule has 0 spiro atoms. The summed E-state index contributed by atoms with van der Waals surface area (Å²) >= 11 is 11.7. The number of halogens is 2. The van der Waals surface area contributed by atoms with Crippen LogP contribution in [0.1, 0.15) is 58.4 Å². The molecule has 0 aliphatic carbocycles. The third-order valence-electron chi connectivity index (χ3n) is 2.80. The van der Waals surface area contributed by atoms with Crippen molar-refractivity contribution in [2.24, 2.45) is 0 Å². The van der Waals surface area contributed by atoms with E-state index in [2.05, 4.69) is 11.1 Å². The van der Waals surface area contributed by atoms with Crippen molar-refractivity contribution in [2.75, 3.05) is 0 Å². The van der Waals surface area contributed by atoms with Gasteiger partial charge in [0.25, 0.3) is 0 Å². The van der Waals surface area contributed by atoms with Crippen molar-refractivity contribution in [3.63, 3.8) is 0 Å². The number of nitrogens with zero attached hydrogens (tertiary/aromatic N) is 1. The van der Waals surface area contributed by atoms with Crippen LogP contribution >= 0.6 is 23.2 Å².